The molecule has 5 aromatic carbocycles. The lowest BCUT2D eigenvalue weighted by Gasteiger charge is -2.12. The smallest absolute Gasteiger partial charge is 0.272 e. The fraction of sp³-hybridized carbons (Fsp3) is 0.0294. The summed E-state index contributed by atoms with van der Waals surface area (Å²) < 4.78 is 6.02. The normalized spacial score (nSPS) is 11.3. The summed E-state index contributed by atoms with van der Waals surface area (Å²) in [6.45, 7) is 0.315. The molecule has 41 heavy (non-hydrogen) atoms. The molecule has 0 aliphatic heterocycles. The van der Waals surface area contributed by atoms with Gasteiger partial charge in [0.15, 0.2) is 5.75 Å². The van der Waals surface area contributed by atoms with Crippen molar-refractivity contribution in [2.75, 3.05) is 0 Å². The van der Waals surface area contributed by atoms with Gasteiger partial charge >= 0.3 is 0 Å². The van der Waals surface area contributed by atoms with Crippen LogP contribution in [-0.4, -0.2) is 17.1 Å². The summed E-state index contributed by atoms with van der Waals surface area (Å²) in [6.07, 6.45) is 1.49. The van der Waals surface area contributed by atoms with Crippen LogP contribution in [0, 0.1) is 0 Å². The van der Waals surface area contributed by atoms with Crippen LogP contribution in [0.5, 0.6) is 5.75 Å². The average Bonchev–Trinajstić information content (AvgIpc) is 3.00. The van der Waals surface area contributed by atoms with Gasteiger partial charge in [0, 0.05) is 10.9 Å². The molecule has 0 bridgehead atoms. The van der Waals surface area contributed by atoms with Gasteiger partial charge < -0.3 is 4.74 Å². The van der Waals surface area contributed by atoms with Crippen molar-refractivity contribution in [1.29, 1.82) is 0 Å². The second-order valence-electron chi connectivity index (χ2n) is 9.38. The van der Waals surface area contributed by atoms with Crippen LogP contribution in [-0.2, 0) is 6.61 Å². The Balaban J connectivity index is 1.19. The van der Waals surface area contributed by atoms with E-state index >= 15 is 0 Å². The minimum absolute atomic E-state index is 0.315. The van der Waals surface area contributed by atoms with Gasteiger partial charge in [0.05, 0.1) is 33.0 Å². The van der Waals surface area contributed by atoms with Crippen molar-refractivity contribution < 1.29 is 9.53 Å². The molecule has 0 spiro atoms. The van der Waals surface area contributed by atoms with Gasteiger partial charge in [-0.25, -0.2) is 10.4 Å². The first kappa shape index (κ1) is 26.5. The molecular formula is C34H23Cl2N3O2. The van der Waals surface area contributed by atoms with Crippen LogP contribution in [0.2, 0.25) is 10.0 Å². The van der Waals surface area contributed by atoms with E-state index in [1.54, 1.807) is 18.2 Å². The van der Waals surface area contributed by atoms with E-state index in [0.717, 1.165) is 32.8 Å². The minimum Gasteiger partial charge on any atom is -0.486 e. The Morgan fingerprint density at radius 3 is 2.29 bits per heavy atom. The quantitative estimate of drug-likeness (QED) is 0.153. The monoisotopic (exact) mass is 575 g/mol. The molecule has 0 unspecified atom stereocenters. The Kier molecular flexibility index (Phi) is 7.63. The van der Waals surface area contributed by atoms with Crippen molar-refractivity contribution in [2.24, 2.45) is 5.10 Å². The molecule has 200 valence electrons. The number of aromatic nitrogens is 1. The van der Waals surface area contributed by atoms with E-state index in [-0.39, 0.29) is 5.91 Å². The molecule has 0 aliphatic carbocycles. The molecule has 0 fully saturated rings. The van der Waals surface area contributed by atoms with Gasteiger partial charge in [0.25, 0.3) is 5.91 Å². The molecule has 0 aliphatic rings. The van der Waals surface area contributed by atoms with Crippen molar-refractivity contribution in [3.63, 3.8) is 0 Å². The standard InChI is InChI=1S/C34H23Cl2N3O2/c35-29-17-22(18-30(36)33(29)41-21-25-13-8-12-23-9-4-5-14-26(23)25)20-37-39-34(40)28-19-32(24-10-2-1-3-11-24)38-31-16-7-6-15-27(28)31/h1-20H,21H2,(H,39,40)/b37-20+. The fourth-order valence-electron chi connectivity index (χ4n) is 4.71. The predicted octanol–water partition coefficient (Wildman–Crippen LogP) is 8.70. The first-order chi connectivity index (χ1) is 20.1. The third-order valence-corrected chi connectivity index (χ3v) is 7.24. The number of hydrogen-bond acceptors (Lipinski definition) is 4. The van der Waals surface area contributed by atoms with Crippen molar-refractivity contribution in [3.05, 3.63) is 142 Å². The van der Waals surface area contributed by atoms with E-state index in [1.807, 2.05) is 78.9 Å². The van der Waals surface area contributed by atoms with E-state index in [1.165, 1.54) is 6.21 Å². The summed E-state index contributed by atoms with van der Waals surface area (Å²) in [5.41, 5.74) is 7.08. The lowest BCUT2D eigenvalue weighted by molar-refractivity contribution is 0.0956. The summed E-state index contributed by atoms with van der Waals surface area (Å²) in [6, 6.07) is 36.6. The van der Waals surface area contributed by atoms with Gasteiger partial charge in [-0.15, -0.1) is 0 Å². The highest BCUT2D eigenvalue weighted by Crippen LogP contribution is 2.35. The molecule has 6 rings (SSSR count). The minimum atomic E-state index is -0.357. The highest BCUT2D eigenvalue weighted by atomic mass is 35.5. The predicted molar refractivity (Wildman–Crippen MR) is 167 cm³/mol. The van der Waals surface area contributed by atoms with Gasteiger partial charge in [0.1, 0.15) is 6.61 Å². The van der Waals surface area contributed by atoms with Gasteiger partial charge in [0.2, 0.25) is 0 Å². The molecule has 5 nitrogen and oxygen atoms in total. The maximum atomic E-state index is 13.2. The maximum absolute atomic E-state index is 13.2. The molecule has 1 N–H and O–H groups in total. The molecule has 1 aromatic heterocycles. The Labute approximate surface area is 247 Å². The van der Waals surface area contributed by atoms with E-state index in [0.29, 0.717) is 39.2 Å². The Bertz CT molecular complexity index is 1890. The molecular weight excluding hydrogens is 553 g/mol. The third-order valence-electron chi connectivity index (χ3n) is 6.68. The van der Waals surface area contributed by atoms with Gasteiger partial charge in [-0.05, 0) is 46.2 Å². The maximum Gasteiger partial charge on any atom is 0.272 e. The fourth-order valence-corrected chi connectivity index (χ4v) is 5.32. The summed E-state index contributed by atoms with van der Waals surface area (Å²) in [4.78, 5) is 17.9. The highest BCUT2D eigenvalue weighted by molar-refractivity contribution is 6.37. The largest absolute Gasteiger partial charge is 0.486 e. The molecule has 7 heteroatoms. The van der Waals surface area contributed by atoms with Crippen LogP contribution in [0.15, 0.2) is 120 Å². The van der Waals surface area contributed by atoms with Crippen molar-refractivity contribution >= 4 is 57.0 Å². The zero-order valence-corrected chi connectivity index (χ0v) is 23.2. The van der Waals surface area contributed by atoms with Crippen LogP contribution >= 0.6 is 23.2 Å². The number of nitrogens with zero attached hydrogens (tertiary/aromatic N) is 2. The summed E-state index contributed by atoms with van der Waals surface area (Å²) in [5.74, 6) is 0.0309. The highest BCUT2D eigenvalue weighted by Gasteiger charge is 2.14. The van der Waals surface area contributed by atoms with Gasteiger partial charge in [-0.1, -0.05) is 114 Å². The summed E-state index contributed by atoms with van der Waals surface area (Å²) >= 11 is 13.1. The zero-order chi connectivity index (χ0) is 28.2. The lowest BCUT2D eigenvalue weighted by atomic mass is 10.0. The zero-order valence-electron chi connectivity index (χ0n) is 21.7. The summed E-state index contributed by atoms with van der Waals surface area (Å²) in [5, 5.41) is 7.84. The van der Waals surface area contributed by atoms with Gasteiger partial charge in [-0.3, -0.25) is 4.79 Å². The average molecular weight is 576 g/mol. The molecule has 0 atom stereocenters. The van der Waals surface area contributed by atoms with Crippen molar-refractivity contribution in [1.82, 2.24) is 10.4 Å². The number of amides is 1. The third kappa shape index (κ3) is 5.78. The Morgan fingerprint density at radius 1 is 0.805 bits per heavy atom. The molecule has 1 amide bonds. The topological polar surface area (TPSA) is 63.6 Å². The van der Waals surface area contributed by atoms with Crippen molar-refractivity contribution in [2.45, 2.75) is 6.61 Å². The molecule has 6 aromatic rings. The number of carbonyl (C=O) groups excluding carboxylic acids is 1. The molecule has 0 saturated heterocycles. The number of para-hydroxylation sites is 1. The van der Waals surface area contributed by atoms with E-state index in [4.69, 9.17) is 32.9 Å². The summed E-state index contributed by atoms with van der Waals surface area (Å²) in [7, 11) is 0. The van der Waals surface area contributed by atoms with Gasteiger partial charge in [-0.2, -0.15) is 5.10 Å². The van der Waals surface area contributed by atoms with Crippen LogP contribution in [0.3, 0.4) is 0 Å². The first-order valence-electron chi connectivity index (χ1n) is 12.9. The Morgan fingerprint density at radius 2 is 1.49 bits per heavy atom. The number of benzene rings is 5. The SMILES string of the molecule is O=C(N/N=C/c1cc(Cl)c(OCc2cccc3ccccc23)c(Cl)c1)c1cc(-c2ccccc2)nc2ccccc12. The van der Waals surface area contributed by atoms with Crippen molar-refractivity contribution in [3.8, 4) is 17.0 Å². The van der Waals surface area contributed by atoms with Crippen LogP contribution in [0.25, 0.3) is 32.9 Å². The van der Waals surface area contributed by atoms with E-state index < -0.39 is 0 Å². The molecule has 0 saturated carbocycles. The van der Waals surface area contributed by atoms with E-state index in [9.17, 15) is 4.79 Å². The second-order valence-corrected chi connectivity index (χ2v) is 10.2. The number of pyridine rings is 1. The molecule has 1 heterocycles. The number of halogens is 2. The Hall–Kier alpha value is -4.71. The molecule has 0 radical (unpaired) electrons. The number of ether oxygens (including phenoxy) is 1. The number of rotatable bonds is 7. The number of fused-ring (bicyclic) bond motifs is 2. The van der Waals surface area contributed by atoms with Crippen LogP contribution < -0.4 is 10.2 Å². The van der Waals surface area contributed by atoms with E-state index in [2.05, 4.69) is 28.7 Å². The number of carbonyl (C=O) groups is 1. The van der Waals surface area contributed by atoms with Crippen LogP contribution in [0.1, 0.15) is 21.5 Å². The van der Waals surface area contributed by atoms with Crippen LogP contribution in [0.4, 0.5) is 0 Å². The number of nitrogens with one attached hydrogen (secondary N) is 1. The second kappa shape index (κ2) is 11.8. The lowest BCUT2D eigenvalue weighted by Crippen LogP contribution is -2.18. The number of hydrogen-bond donors (Lipinski definition) is 1. The first-order valence-corrected chi connectivity index (χ1v) is 13.7. The number of hydrazone groups is 1.